The molecule has 0 aliphatic heterocycles. The van der Waals surface area contributed by atoms with Crippen LogP contribution in [0, 0.1) is 0 Å². The van der Waals surface area contributed by atoms with E-state index in [1.165, 1.54) is 12.2 Å². The number of aliphatic hydroxyl groups is 2. The van der Waals surface area contributed by atoms with E-state index in [9.17, 15) is 0 Å². The first-order valence-electron chi connectivity index (χ1n) is 1.93. The fraction of sp³-hybridized carbons (Fsp3) is 0. The molecule has 3 heteroatoms. The number of aliphatic hydroxyl groups excluding tert-OH is 2. The van der Waals surface area contributed by atoms with E-state index in [4.69, 9.17) is 10.2 Å². The van der Waals surface area contributed by atoms with Crippen molar-refractivity contribution in [1.82, 2.24) is 0 Å². The van der Waals surface area contributed by atoms with E-state index < -0.39 is 0 Å². The van der Waals surface area contributed by atoms with E-state index >= 15 is 0 Å². The van der Waals surface area contributed by atoms with Crippen LogP contribution in [0.5, 0.6) is 0 Å². The molecule has 0 atom stereocenters. The molecule has 44 valence electrons. The van der Waals surface area contributed by atoms with E-state index in [0.717, 1.165) is 19.4 Å². The molecule has 2 nitrogen and oxygen atoms in total. The minimum absolute atomic E-state index is 0.00231. The quantitative estimate of drug-likeness (QED) is 0.577. The predicted molar refractivity (Wildman–Crippen MR) is 27.9 cm³/mol. The molecule has 0 heterocycles. The van der Waals surface area contributed by atoms with Gasteiger partial charge in [0.05, 0.1) is 0 Å². The second-order valence-electron chi connectivity index (χ2n) is 1.11. The molecule has 0 fully saturated rings. The first kappa shape index (κ1) is 7.80. The Bertz CT molecular complexity index is 137. The van der Waals surface area contributed by atoms with Crippen molar-refractivity contribution in [3.8, 4) is 0 Å². The average Bonchev–Trinajstić information content (AvgIpc) is 1.65. The summed E-state index contributed by atoms with van der Waals surface area (Å²) in [5, 5.41) is 17.1. The second kappa shape index (κ2) is 3.76. The Kier molecular flexibility index (Phi) is 3.66. The average molecular weight is 282 g/mol. The van der Waals surface area contributed by atoms with Crippen LogP contribution >= 0.6 is 0 Å². The summed E-state index contributed by atoms with van der Waals surface area (Å²) in [5.41, 5.74) is 0. The summed E-state index contributed by atoms with van der Waals surface area (Å²) in [5.74, 6) is -0.00231. The van der Waals surface area contributed by atoms with E-state index in [0.29, 0.717) is 0 Å². The van der Waals surface area contributed by atoms with Crippen LogP contribution in [-0.4, -0.2) is 14.3 Å². The molecular formula is C5H6O2W. The molecule has 0 rings (SSSR count). The van der Waals surface area contributed by atoms with Gasteiger partial charge in [0.15, 0.2) is 0 Å². The van der Waals surface area contributed by atoms with Crippen LogP contribution in [0.1, 0.15) is 0 Å². The van der Waals surface area contributed by atoms with E-state index in [1.807, 2.05) is 0 Å². The Morgan fingerprint density at radius 1 is 1.50 bits per heavy atom. The number of hydrogen-bond donors (Lipinski definition) is 2. The maximum absolute atomic E-state index is 8.60. The van der Waals surface area contributed by atoms with Gasteiger partial charge in [0, 0.05) is 0 Å². The summed E-state index contributed by atoms with van der Waals surface area (Å²) >= 11 is 0.924. The van der Waals surface area contributed by atoms with Crippen molar-refractivity contribution in [2.75, 3.05) is 0 Å². The van der Waals surface area contributed by atoms with Crippen molar-refractivity contribution < 1.29 is 29.6 Å². The molecule has 2 N–H and O–H groups in total. The van der Waals surface area contributed by atoms with Gasteiger partial charge in [0.2, 0.25) is 0 Å². The number of allylic oxidation sites excluding steroid dienone is 1. The fourth-order valence-corrected chi connectivity index (χ4v) is 0.619. The zero-order valence-electron chi connectivity index (χ0n) is 4.16. The molecule has 0 aliphatic rings. The van der Waals surface area contributed by atoms with Crippen molar-refractivity contribution >= 4 is 4.08 Å². The summed E-state index contributed by atoms with van der Waals surface area (Å²) in [4.78, 5) is 0. The van der Waals surface area contributed by atoms with Crippen LogP contribution in [-0.2, 0) is 19.4 Å². The van der Waals surface area contributed by atoms with Gasteiger partial charge in [0.25, 0.3) is 0 Å². The molecule has 0 amide bonds. The molecule has 0 radical (unpaired) electrons. The molecular weight excluding hydrogens is 276 g/mol. The predicted octanol–water partition coefficient (Wildman–Crippen LogP) is 0.663. The topological polar surface area (TPSA) is 40.5 Å². The van der Waals surface area contributed by atoms with Gasteiger partial charge in [0.1, 0.15) is 0 Å². The third-order valence-corrected chi connectivity index (χ3v) is 0.904. The summed E-state index contributed by atoms with van der Waals surface area (Å²) in [7, 11) is 0. The van der Waals surface area contributed by atoms with Crippen molar-refractivity contribution in [3.05, 3.63) is 24.5 Å². The first-order chi connectivity index (χ1) is 3.66. The second-order valence-corrected chi connectivity index (χ2v) is 2.61. The maximum atomic E-state index is 8.60. The van der Waals surface area contributed by atoms with Gasteiger partial charge in [-0.05, 0) is 0 Å². The van der Waals surface area contributed by atoms with Gasteiger partial charge >= 0.3 is 58.1 Å². The van der Waals surface area contributed by atoms with E-state index in [1.54, 1.807) is 0 Å². The number of rotatable bonds is 2. The summed E-state index contributed by atoms with van der Waals surface area (Å²) in [6.45, 7) is 3.28. The first-order valence-corrected chi connectivity index (χ1v) is 3.39. The molecule has 0 aromatic heterocycles. The van der Waals surface area contributed by atoms with Crippen LogP contribution in [0.25, 0.3) is 0 Å². The van der Waals surface area contributed by atoms with Gasteiger partial charge in [-0.1, -0.05) is 0 Å². The molecule has 0 saturated carbocycles. The molecule has 0 aromatic rings. The Labute approximate surface area is 58.6 Å². The minimum atomic E-state index is -0.00231. The summed E-state index contributed by atoms with van der Waals surface area (Å²) in [6, 6.07) is 0. The molecule has 0 saturated heterocycles. The Balaban J connectivity index is 3.94. The summed E-state index contributed by atoms with van der Waals surface area (Å²) < 4.78 is 0.155. The van der Waals surface area contributed by atoms with Gasteiger partial charge in [-0.25, -0.2) is 0 Å². The van der Waals surface area contributed by atoms with E-state index in [2.05, 4.69) is 6.58 Å². The molecule has 0 aliphatic carbocycles. The zero-order valence-corrected chi connectivity index (χ0v) is 7.10. The third-order valence-electron chi connectivity index (χ3n) is 0.480. The monoisotopic (exact) mass is 282 g/mol. The SMILES string of the molecule is C=CC(O)=C[C](O)=[W]. The van der Waals surface area contributed by atoms with Crippen molar-refractivity contribution in [3.63, 3.8) is 0 Å². The van der Waals surface area contributed by atoms with Gasteiger partial charge < -0.3 is 0 Å². The van der Waals surface area contributed by atoms with E-state index in [-0.39, 0.29) is 9.84 Å². The van der Waals surface area contributed by atoms with Crippen LogP contribution in [0.15, 0.2) is 24.5 Å². The zero-order chi connectivity index (χ0) is 6.57. The van der Waals surface area contributed by atoms with Crippen LogP contribution < -0.4 is 0 Å². The van der Waals surface area contributed by atoms with Gasteiger partial charge in [-0.15, -0.1) is 0 Å². The Morgan fingerprint density at radius 3 is 2.12 bits per heavy atom. The van der Waals surface area contributed by atoms with Crippen molar-refractivity contribution in [2.45, 2.75) is 0 Å². The van der Waals surface area contributed by atoms with Crippen LogP contribution in [0.2, 0.25) is 0 Å². The number of hydrogen-bond acceptors (Lipinski definition) is 2. The standard InChI is InChI=1S/C5H6O2.W/c1-2-5(7)3-4-6;/h2-3,6-7H,1H2;. The van der Waals surface area contributed by atoms with Crippen LogP contribution in [0.3, 0.4) is 0 Å². The fourth-order valence-electron chi connectivity index (χ4n) is 0.185. The molecule has 8 heavy (non-hydrogen) atoms. The van der Waals surface area contributed by atoms with Crippen LogP contribution in [0.4, 0.5) is 0 Å². The Hall–Kier alpha value is -0.202. The third kappa shape index (κ3) is 3.97. The Morgan fingerprint density at radius 2 is 2.00 bits per heavy atom. The van der Waals surface area contributed by atoms with Crippen molar-refractivity contribution in [2.24, 2.45) is 0 Å². The molecule has 0 unspecified atom stereocenters. The van der Waals surface area contributed by atoms with Crippen molar-refractivity contribution in [1.29, 1.82) is 0 Å². The van der Waals surface area contributed by atoms with Gasteiger partial charge in [-0.2, -0.15) is 0 Å². The normalized spacial score (nSPS) is 10.9. The van der Waals surface area contributed by atoms with Gasteiger partial charge in [-0.3, -0.25) is 0 Å². The summed E-state index contributed by atoms with van der Waals surface area (Å²) in [6.07, 6.45) is 2.52. The molecule has 0 bridgehead atoms. The molecule has 0 spiro atoms. The molecule has 0 aromatic carbocycles.